The van der Waals surface area contributed by atoms with Gasteiger partial charge < -0.3 is 5.32 Å². The topological polar surface area (TPSA) is 58.2 Å². The first-order valence-corrected chi connectivity index (χ1v) is 9.26. The van der Waals surface area contributed by atoms with Crippen molar-refractivity contribution in [3.05, 3.63) is 46.2 Å². The normalized spacial score (nSPS) is 11.5. The van der Waals surface area contributed by atoms with E-state index in [0.29, 0.717) is 17.1 Å². The van der Waals surface area contributed by atoms with Gasteiger partial charge in [-0.05, 0) is 49.0 Å². The van der Waals surface area contributed by atoms with E-state index in [4.69, 9.17) is 0 Å². The van der Waals surface area contributed by atoms with Gasteiger partial charge in [0.15, 0.2) is 0 Å². The third-order valence-corrected chi connectivity index (χ3v) is 5.49. The largest absolute Gasteiger partial charge is 0.312 e. The fourth-order valence-electron chi connectivity index (χ4n) is 1.99. The van der Waals surface area contributed by atoms with Crippen molar-refractivity contribution in [3.63, 3.8) is 0 Å². The lowest BCUT2D eigenvalue weighted by Crippen LogP contribution is -2.18. The number of anilines is 1. The van der Waals surface area contributed by atoms with Crippen LogP contribution in [0.25, 0.3) is 0 Å². The van der Waals surface area contributed by atoms with Crippen LogP contribution in [0.2, 0.25) is 0 Å². The van der Waals surface area contributed by atoms with Crippen LogP contribution in [-0.4, -0.2) is 15.0 Å². The van der Waals surface area contributed by atoms with Crippen LogP contribution in [0, 0.1) is 6.92 Å². The highest BCUT2D eigenvalue weighted by atomic mass is 32.2. The summed E-state index contributed by atoms with van der Waals surface area (Å²) in [6.07, 6.45) is 1.02. The average molecular weight is 324 g/mol. The van der Waals surface area contributed by atoms with Gasteiger partial charge in [-0.15, -0.1) is 11.3 Å². The van der Waals surface area contributed by atoms with Crippen LogP contribution in [0.15, 0.2) is 40.6 Å². The lowest BCUT2D eigenvalue weighted by atomic mass is 10.2. The molecule has 0 aliphatic heterocycles. The Bertz CT molecular complexity index is 693. The number of sulfonamides is 1. The van der Waals surface area contributed by atoms with E-state index in [9.17, 15) is 8.42 Å². The molecule has 0 aliphatic rings. The van der Waals surface area contributed by atoms with Crippen molar-refractivity contribution in [3.8, 4) is 0 Å². The number of thiophene rings is 1. The van der Waals surface area contributed by atoms with Crippen LogP contribution in [0.4, 0.5) is 5.69 Å². The summed E-state index contributed by atoms with van der Waals surface area (Å²) in [7, 11) is -3.53. The van der Waals surface area contributed by atoms with Crippen molar-refractivity contribution in [2.75, 3.05) is 11.3 Å². The van der Waals surface area contributed by atoms with Gasteiger partial charge in [-0.3, -0.25) is 4.72 Å². The van der Waals surface area contributed by atoms with E-state index >= 15 is 0 Å². The van der Waals surface area contributed by atoms with Crippen LogP contribution < -0.4 is 10.0 Å². The van der Waals surface area contributed by atoms with E-state index in [0.717, 1.165) is 23.4 Å². The summed E-state index contributed by atoms with van der Waals surface area (Å²) < 4.78 is 27.6. The van der Waals surface area contributed by atoms with Crippen molar-refractivity contribution in [2.45, 2.75) is 31.7 Å². The Labute approximate surface area is 130 Å². The van der Waals surface area contributed by atoms with E-state index in [-0.39, 0.29) is 0 Å². The minimum Gasteiger partial charge on any atom is -0.312 e. The Balaban J connectivity index is 2.18. The molecule has 6 heteroatoms. The molecule has 114 valence electrons. The zero-order chi connectivity index (χ0) is 15.3. The maximum Gasteiger partial charge on any atom is 0.263 e. The van der Waals surface area contributed by atoms with Crippen LogP contribution in [0.3, 0.4) is 0 Å². The minimum atomic E-state index is -3.53. The van der Waals surface area contributed by atoms with E-state index in [1.807, 2.05) is 30.5 Å². The van der Waals surface area contributed by atoms with Crippen molar-refractivity contribution in [2.24, 2.45) is 0 Å². The van der Waals surface area contributed by atoms with Gasteiger partial charge in [-0.2, -0.15) is 0 Å². The maximum atomic E-state index is 12.5. The van der Waals surface area contributed by atoms with Crippen molar-refractivity contribution in [1.29, 1.82) is 0 Å². The van der Waals surface area contributed by atoms with E-state index < -0.39 is 10.0 Å². The molecule has 4 nitrogen and oxygen atoms in total. The first kappa shape index (κ1) is 16.0. The van der Waals surface area contributed by atoms with E-state index in [1.54, 1.807) is 12.1 Å². The lowest BCUT2D eigenvalue weighted by molar-refractivity contribution is 0.599. The molecule has 0 amide bonds. The maximum absolute atomic E-state index is 12.5. The fourth-order valence-corrected chi connectivity index (χ4v) is 4.46. The molecule has 1 aromatic heterocycles. The second kappa shape index (κ2) is 7.06. The zero-order valence-corrected chi connectivity index (χ0v) is 13.9. The van der Waals surface area contributed by atoms with Gasteiger partial charge >= 0.3 is 0 Å². The highest BCUT2D eigenvalue weighted by Gasteiger charge is 2.19. The molecule has 2 aromatic rings. The molecular formula is C15H20N2O2S2. The molecular weight excluding hydrogens is 304 g/mol. The Morgan fingerprint density at radius 3 is 2.76 bits per heavy atom. The van der Waals surface area contributed by atoms with Gasteiger partial charge in [0.1, 0.15) is 4.90 Å². The molecule has 1 heterocycles. The van der Waals surface area contributed by atoms with Gasteiger partial charge in [0.05, 0.1) is 0 Å². The predicted octanol–water partition coefficient (Wildman–Crippen LogP) is 3.36. The number of rotatable bonds is 7. The Hall–Kier alpha value is -1.37. The average Bonchev–Trinajstić information content (AvgIpc) is 2.88. The van der Waals surface area contributed by atoms with Crippen LogP contribution in [-0.2, 0) is 16.6 Å². The summed E-state index contributed by atoms with van der Waals surface area (Å²) in [5.74, 6) is 0. The standard InChI is InChI=1S/C15H20N2O2S2/c1-3-8-16-11-14-15(7-9-20-14)21(18,19)17-13-6-4-5-12(2)10-13/h4-7,9-10,16-17H,3,8,11H2,1-2H3. The molecule has 0 saturated heterocycles. The molecule has 0 radical (unpaired) electrons. The van der Waals surface area contributed by atoms with Crippen molar-refractivity contribution >= 4 is 27.0 Å². The molecule has 0 atom stereocenters. The van der Waals surface area contributed by atoms with Gasteiger partial charge in [0.25, 0.3) is 10.0 Å². The number of benzene rings is 1. The van der Waals surface area contributed by atoms with Gasteiger partial charge in [0.2, 0.25) is 0 Å². The van der Waals surface area contributed by atoms with Gasteiger partial charge in [-0.25, -0.2) is 8.42 Å². The third-order valence-electron chi connectivity index (χ3n) is 2.98. The summed E-state index contributed by atoms with van der Waals surface area (Å²) in [4.78, 5) is 1.20. The van der Waals surface area contributed by atoms with E-state index in [2.05, 4.69) is 17.0 Å². The second-order valence-corrected chi connectivity index (χ2v) is 7.51. The summed E-state index contributed by atoms with van der Waals surface area (Å²) in [5.41, 5.74) is 1.61. The van der Waals surface area contributed by atoms with Crippen LogP contribution in [0.5, 0.6) is 0 Å². The van der Waals surface area contributed by atoms with Crippen LogP contribution >= 0.6 is 11.3 Å². The number of hydrogen-bond donors (Lipinski definition) is 2. The quantitative estimate of drug-likeness (QED) is 0.768. The molecule has 2 rings (SSSR count). The lowest BCUT2D eigenvalue weighted by Gasteiger charge is -2.10. The Morgan fingerprint density at radius 2 is 2.05 bits per heavy atom. The summed E-state index contributed by atoms with van der Waals surface area (Å²) >= 11 is 1.46. The van der Waals surface area contributed by atoms with Crippen molar-refractivity contribution in [1.82, 2.24) is 5.32 Å². The predicted molar refractivity (Wildman–Crippen MR) is 88.3 cm³/mol. The van der Waals surface area contributed by atoms with E-state index in [1.165, 1.54) is 11.3 Å². The first-order valence-electron chi connectivity index (χ1n) is 6.89. The fraction of sp³-hybridized carbons (Fsp3) is 0.333. The number of hydrogen-bond acceptors (Lipinski definition) is 4. The summed E-state index contributed by atoms with van der Waals surface area (Å²) in [5, 5.41) is 5.05. The summed E-state index contributed by atoms with van der Waals surface area (Å²) in [6.45, 7) is 5.47. The molecule has 0 aliphatic carbocycles. The molecule has 0 fully saturated rings. The Morgan fingerprint density at radius 1 is 1.24 bits per heavy atom. The second-order valence-electron chi connectivity index (χ2n) is 4.86. The monoisotopic (exact) mass is 324 g/mol. The van der Waals surface area contributed by atoms with Gasteiger partial charge in [-0.1, -0.05) is 19.1 Å². The first-order chi connectivity index (χ1) is 10.0. The van der Waals surface area contributed by atoms with Gasteiger partial charge in [0, 0.05) is 17.1 Å². The summed E-state index contributed by atoms with van der Waals surface area (Å²) in [6, 6.07) is 9.00. The molecule has 0 saturated carbocycles. The molecule has 0 bridgehead atoms. The zero-order valence-electron chi connectivity index (χ0n) is 12.2. The molecule has 21 heavy (non-hydrogen) atoms. The highest BCUT2D eigenvalue weighted by molar-refractivity contribution is 7.93. The van der Waals surface area contributed by atoms with Crippen molar-refractivity contribution < 1.29 is 8.42 Å². The third kappa shape index (κ3) is 4.30. The molecule has 0 unspecified atom stereocenters. The smallest absolute Gasteiger partial charge is 0.263 e. The Kier molecular flexibility index (Phi) is 5.39. The highest BCUT2D eigenvalue weighted by Crippen LogP contribution is 2.24. The number of aryl methyl sites for hydroxylation is 1. The van der Waals surface area contributed by atoms with Crippen LogP contribution in [0.1, 0.15) is 23.8 Å². The molecule has 2 N–H and O–H groups in total. The molecule has 0 spiro atoms. The minimum absolute atomic E-state index is 0.359. The number of nitrogens with one attached hydrogen (secondary N) is 2. The molecule has 1 aromatic carbocycles. The SMILES string of the molecule is CCCNCc1sccc1S(=O)(=O)Nc1cccc(C)c1.